The zero-order valence-electron chi connectivity index (χ0n) is 13.3. The van der Waals surface area contributed by atoms with Gasteiger partial charge < -0.3 is 15.1 Å². The van der Waals surface area contributed by atoms with Gasteiger partial charge >= 0.3 is 0 Å². The van der Waals surface area contributed by atoms with E-state index in [1.54, 1.807) is 6.26 Å². The summed E-state index contributed by atoms with van der Waals surface area (Å²) in [6.45, 7) is 8.64. The van der Waals surface area contributed by atoms with Gasteiger partial charge in [-0.15, -0.1) is 8.80 Å². The highest BCUT2D eigenvalue weighted by Crippen LogP contribution is 2.12. The van der Waals surface area contributed by atoms with Crippen LogP contribution in [0.15, 0.2) is 37.3 Å². The fourth-order valence-electron chi connectivity index (χ4n) is 1.99. The molecule has 0 spiro atoms. The zero-order valence-corrected chi connectivity index (χ0v) is 14.2. The van der Waals surface area contributed by atoms with Gasteiger partial charge in [0, 0.05) is 5.70 Å². The molecule has 0 amide bonds. The Morgan fingerprint density at radius 2 is 2.14 bits per heavy atom. The molecule has 0 saturated carbocycles. The second-order valence-corrected chi connectivity index (χ2v) is 6.41. The second-order valence-electron chi connectivity index (χ2n) is 5.58. The molecule has 2 rings (SSSR count). The van der Waals surface area contributed by atoms with Gasteiger partial charge in [-0.2, -0.15) is 0 Å². The lowest BCUT2D eigenvalue weighted by Crippen LogP contribution is -2.37. The Hall–Kier alpha value is -1.89. The van der Waals surface area contributed by atoms with Gasteiger partial charge in [0.2, 0.25) is 0 Å². The van der Waals surface area contributed by atoms with E-state index in [9.17, 15) is 4.21 Å². The van der Waals surface area contributed by atoms with Gasteiger partial charge in [-0.1, -0.05) is 19.9 Å². The van der Waals surface area contributed by atoms with E-state index in [-0.39, 0.29) is 0 Å². The largest absolute Gasteiger partial charge is 0.467 e. The summed E-state index contributed by atoms with van der Waals surface area (Å²) in [5.41, 5.74) is 2.10. The molecule has 0 radical (unpaired) electrons. The van der Waals surface area contributed by atoms with Crippen LogP contribution in [0.5, 0.6) is 0 Å². The minimum atomic E-state index is -1.57. The van der Waals surface area contributed by atoms with Gasteiger partial charge in [-0.3, -0.25) is 0 Å². The molecular formula is C15H22N4O2S. The Kier molecular flexibility index (Phi) is 5.54. The molecule has 0 aliphatic carbocycles. The molecule has 2 N–H and O–H groups in total. The Morgan fingerprint density at radius 3 is 2.82 bits per heavy atom. The van der Waals surface area contributed by atoms with Crippen LogP contribution in [0.3, 0.4) is 0 Å². The fourth-order valence-corrected chi connectivity index (χ4v) is 2.62. The second kappa shape index (κ2) is 7.40. The normalized spacial score (nSPS) is 18.4. The Labute approximate surface area is 133 Å². The summed E-state index contributed by atoms with van der Waals surface area (Å²) in [5.74, 6) is 2.38. The van der Waals surface area contributed by atoms with Crippen molar-refractivity contribution >= 4 is 22.8 Å². The molecule has 22 heavy (non-hydrogen) atoms. The molecule has 1 aliphatic rings. The van der Waals surface area contributed by atoms with Crippen LogP contribution in [0, 0.1) is 5.92 Å². The third kappa shape index (κ3) is 4.56. The molecular weight excluding hydrogens is 300 g/mol. The minimum Gasteiger partial charge on any atom is -0.467 e. The minimum absolute atomic E-state index is 0.476. The smallest absolute Gasteiger partial charge is 0.269 e. The maximum Gasteiger partial charge on any atom is 0.269 e. The van der Waals surface area contributed by atoms with Crippen LogP contribution in [-0.2, 0) is 24.1 Å². The monoisotopic (exact) mass is 322 g/mol. The molecule has 120 valence electrons. The van der Waals surface area contributed by atoms with Crippen molar-refractivity contribution in [2.75, 3.05) is 0 Å². The number of amidine groups is 2. The van der Waals surface area contributed by atoms with Crippen molar-refractivity contribution in [1.29, 1.82) is 0 Å². The van der Waals surface area contributed by atoms with Crippen LogP contribution < -0.4 is 10.6 Å². The Bertz CT molecular complexity index is 644. The topological polar surface area (TPSA) is 79.0 Å². The fraction of sp³-hybridized carbons (Fsp3) is 0.467. The molecule has 1 atom stereocenters. The number of hydrogen-bond donors (Lipinski definition) is 2. The molecule has 0 fully saturated rings. The maximum absolute atomic E-state index is 11.5. The van der Waals surface area contributed by atoms with Crippen LogP contribution in [0.2, 0.25) is 0 Å². The molecule has 1 aromatic rings. The molecule has 7 heteroatoms. The van der Waals surface area contributed by atoms with Crippen molar-refractivity contribution in [3.63, 3.8) is 0 Å². The van der Waals surface area contributed by atoms with E-state index in [4.69, 9.17) is 4.42 Å². The van der Waals surface area contributed by atoms with Crippen molar-refractivity contribution in [3.8, 4) is 0 Å². The van der Waals surface area contributed by atoms with E-state index in [1.807, 2.05) is 26.0 Å². The molecule has 0 bridgehead atoms. The summed E-state index contributed by atoms with van der Waals surface area (Å²) < 4.78 is 24.9. The predicted octanol–water partition coefficient (Wildman–Crippen LogP) is 2.47. The predicted molar refractivity (Wildman–Crippen MR) is 89.7 cm³/mol. The number of nitrogens with zero attached hydrogens (tertiary/aromatic N) is 2. The number of hydrogen-bond acceptors (Lipinski definition) is 4. The Morgan fingerprint density at radius 1 is 1.41 bits per heavy atom. The lowest BCUT2D eigenvalue weighted by Gasteiger charge is -2.08. The molecule has 6 nitrogen and oxygen atoms in total. The third-order valence-corrected chi connectivity index (χ3v) is 3.77. The van der Waals surface area contributed by atoms with Crippen molar-refractivity contribution in [2.45, 2.75) is 40.7 Å². The third-order valence-electron chi connectivity index (χ3n) is 3.09. The highest BCUT2D eigenvalue weighted by Gasteiger charge is 2.19. The van der Waals surface area contributed by atoms with Crippen molar-refractivity contribution in [1.82, 2.24) is 10.6 Å². The average molecular weight is 322 g/mol. The van der Waals surface area contributed by atoms with Crippen LogP contribution >= 0.6 is 0 Å². The maximum atomic E-state index is 11.5. The summed E-state index contributed by atoms with van der Waals surface area (Å²) in [5, 5.41) is 6.19. The molecule has 1 aromatic heterocycles. The first-order valence-corrected chi connectivity index (χ1v) is 8.34. The summed E-state index contributed by atoms with van der Waals surface area (Å²) in [7, 11) is 0. The van der Waals surface area contributed by atoms with Crippen LogP contribution in [0.25, 0.3) is 0 Å². The van der Waals surface area contributed by atoms with Crippen LogP contribution in [0.4, 0.5) is 0 Å². The van der Waals surface area contributed by atoms with E-state index in [0.29, 0.717) is 24.1 Å². The average Bonchev–Trinajstić information content (AvgIpc) is 3.02. The van der Waals surface area contributed by atoms with Crippen molar-refractivity contribution < 1.29 is 8.63 Å². The number of furan rings is 1. The SMILES string of the molecule is C/C=C(\C)NC1=NS(=O)N=C1NCc1cc(CC(C)C)co1. The van der Waals surface area contributed by atoms with Gasteiger partial charge in [0.25, 0.3) is 11.2 Å². The van der Waals surface area contributed by atoms with Gasteiger partial charge in [0.1, 0.15) is 5.76 Å². The molecule has 0 aromatic carbocycles. The van der Waals surface area contributed by atoms with Gasteiger partial charge in [0.05, 0.1) is 12.8 Å². The van der Waals surface area contributed by atoms with Gasteiger partial charge in [-0.25, -0.2) is 4.21 Å². The first kappa shape index (κ1) is 16.5. The summed E-state index contributed by atoms with van der Waals surface area (Å²) in [6, 6.07) is 2.03. The molecule has 1 aliphatic heterocycles. The number of rotatable bonds is 5. The Balaban J connectivity index is 1.95. The van der Waals surface area contributed by atoms with E-state index >= 15 is 0 Å². The van der Waals surface area contributed by atoms with Crippen LogP contribution in [-0.4, -0.2) is 15.9 Å². The van der Waals surface area contributed by atoms with E-state index < -0.39 is 11.2 Å². The first-order valence-electron chi connectivity index (χ1n) is 7.27. The number of allylic oxidation sites excluding steroid dienone is 2. The van der Waals surface area contributed by atoms with Crippen LogP contribution in [0.1, 0.15) is 39.0 Å². The van der Waals surface area contributed by atoms with Crippen molar-refractivity contribution in [2.24, 2.45) is 14.7 Å². The highest BCUT2D eigenvalue weighted by atomic mass is 32.2. The first-order chi connectivity index (χ1) is 10.5. The standard InChI is InChI=1S/C15H22N4O2S/c1-5-11(4)17-15-14(18-22(20)19-15)16-8-13-7-12(9-21-13)6-10(2)3/h5,7,9-10H,6,8H2,1-4H3,(H,16,18)(H,17,19)/b11-5+. The summed E-state index contributed by atoms with van der Waals surface area (Å²) in [4.78, 5) is 0. The summed E-state index contributed by atoms with van der Waals surface area (Å²) >= 11 is -1.57. The zero-order chi connectivity index (χ0) is 16.1. The van der Waals surface area contributed by atoms with Gasteiger partial charge in [-0.05, 0) is 37.8 Å². The highest BCUT2D eigenvalue weighted by molar-refractivity contribution is 7.83. The van der Waals surface area contributed by atoms with E-state index in [1.165, 1.54) is 5.56 Å². The quantitative estimate of drug-likeness (QED) is 0.873. The molecule has 1 unspecified atom stereocenters. The lowest BCUT2D eigenvalue weighted by atomic mass is 10.1. The van der Waals surface area contributed by atoms with E-state index in [2.05, 4.69) is 33.3 Å². The van der Waals surface area contributed by atoms with Gasteiger partial charge in [0.15, 0.2) is 11.7 Å². The lowest BCUT2D eigenvalue weighted by molar-refractivity contribution is 0.500. The number of nitrogens with one attached hydrogen (secondary N) is 2. The van der Waals surface area contributed by atoms with E-state index in [0.717, 1.165) is 17.9 Å². The molecule has 2 heterocycles. The summed E-state index contributed by atoms with van der Waals surface area (Å²) in [6.07, 6.45) is 4.68. The van der Waals surface area contributed by atoms with Crippen molar-refractivity contribution in [3.05, 3.63) is 35.4 Å². The molecule has 0 saturated heterocycles.